The lowest BCUT2D eigenvalue weighted by Gasteiger charge is -2.25. The van der Waals surface area contributed by atoms with Crippen molar-refractivity contribution in [1.29, 1.82) is 0 Å². The summed E-state index contributed by atoms with van der Waals surface area (Å²) in [6.45, 7) is 9.29. The first kappa shape index (κ1) is 26.8. The molecule has 0 N–H and O–H groups in total. The Morgan fingerprint density at radius 2 is 1.79 bits per heavy atom. The molecule has 2 aromatic carbocycles. The molecule has 1 unspecified atom stereocenters. The predicted octanol–water partition coefficient (Wildman–Crippen LogP) is 3.54. The van der Waals surface area contributed by atoms with Gasteiger partial charge in [0.1, 0.15) is 12.4 Å². The average molecular weight is 533 g/mol. The Morgan fingerprint density at radius 1 is 1.11 bits per heavy atom. The molecule has 0 amide bonds. The fourth-order valence-corrected chi connectivity index (χ4v) is 5.11. The predicted molar refractivity (Wildman–Crippen MR) is 145 cm³/mol. The zero-order valence-electron chi connectivity index (χ0n) is 21.6. The van der Waals surface area contributed by atoms with Crippen LogP contribution in [0.5, 0.6) is 5.75 Å². The number of benzene rings is 2. The van der Waals surface area contributed by atoms with E-state index in [1.54, 1.807) is 57.2 Å². The third-order valence-electron chi connectivity index (χ3n) is 5.78. The maximum Gasteiger partial charge on any atom is 0.338 e. The van der Waals surface area contributed by atoms with Gasteiger partial charge in [-0.15, -0.1) is 0 Å². The van der Waals surface area contributed by atoms with Crippen LogP contribution in [0.25, 0.3) is 6.08 Å². The van der Waals surface area contributed by atoms with Crippen molar-refractivity contribution in [3.8, 4) is 5.75 Å². The van der Waals surface area contributed by atoms with Crippen LogP contribution in [-0.2, 0) is 14.3 Å². The topological polar surface area (TPSA) is 96.2 Å². The van der Waals surface area contributed by atoms with Gasteiger partial charge in [-0.25, -0.2) is 14.6 Å². The molecule has 0 spiro atoms. The van der Waals surface area contributed by atoms with Crippen molar-refractivity contribution in [2.45, 2.75) is 32.9 Å². The minimum absolute atomic E-state index is 0.271. The van der Waals surface area contributed by atoms with Crippen molar-refractivity contribution in [3.63, 3.8) is 0 Å². The number of hydrogen-bond donors (Lipinski definition) is 0. The third-order valence-corrected chi connectivity index (χ3v) is 6.76. The number of aromatic nitrogens is 1. The molecule has 0 saturated heterocycles. The monoisotopic (exact) mass is 532 g/mol. The van der Waals surface area contributed by atoms with E-state index in [1.165, 1.54) is 23.0 Å². The third kappa shape index (κ3) is 5.52. The number of fused-ring (bicyclic) bond motifs is 1. The Morgan fingerprint density at radius 3 is 2.39 bits per heavy atom. The van der Waals surface area contributed by atoms with Gasteiger partial charge in [-0.05, 0) is 62.2 Å². The molecular formula is C29H28N2O6S. The van der Waals surface area contributed by atoms with Crippen LogP contribution in [-0.4, -0.2) is 36.3 Å². The number of ether oxygens (including phenoxy) is 3. The lowest BCUT2D eigenvalue weighted by atomic mass is 9.95. The highest BCUT2D eigenvalue weighted by Gasteiger charge is 2.33. The van der Waals surface area contributed by atoms with Gasteiger partial charge in [-0.2, -0.15) is 0 Å². The minimum Gasteiger partial charge on any atom is -0.490 e. The summed E-state index contributed by atoms with van der Waals surface area (Å²) < 4.78 is 17.8. The van der Waals surface area contributed by atoms with E-state index in [0.29, 0.717) is 38.5 Å². The second kappa shape index (κ2) is 11.4. The quantitative estimate of drug-likeness (QED) is 0.325. The molecule has 4 rings (SSSR count). The fraction of sp³-hybridized carbons (Fsp3) is 0.241. The van der Waals surface area contributed by atoms with Crippen LogP contribution in [0.2, 0.25) is 0 Å². The second-order valence-corrected chi connectivity index (χ2v) is 9.83. The van der Waals surface area contributed by atoms with Crippen LogP contribution in [0.3, 0.4) is 0 Å². The fourth-order valence-electron chi connectivity index (χ4n) is 4.06. The van der Waals surface area contributed by atoms with Gasteiger partial charge in [0.05, 0.1) is 40.6 Å². The van der Waals surface area contributed by atoms with Gasteiger partial charge < -0.3 is 14.2 Å². The number of rotatable bonds is 8. The van der Waals surface area contributed by atoms with Gasteiger partial charge in [-0.3, -0.25) is 9.36 Å². The molecule has 8 nitrogen and oxygen atoms in total. The van der Waals surface area contributed by atoms with Crippen LogP contribution >= 0.6 is 11.3 Å². The number of carbonyl (C=O) groups excluding carboxylic acids is 2. The normalized spacial score (nSPS) is 15.1. The number of nitrogens with zero attached hydrogens (tertiary/aromatic N) is 2. The van der Waals surface area contributed by atoms with E-state index in [9.17, 15) is 14.4 Å². The molecule has 1 atom stereocenters. The van der Waals surface area contributed by atoms with Crippen molar-refractivity contribution in [1.82, 2.24) is 4.57 Å². The van der Waals surface area contributed by atoms with E-state index in [-0.39, 0.29) is 17.2 Å². The summed E-state index contributed by atoms with van der Waals surface area (Å²) in [4.78, 5) is 43.9. The van der Waals surface area contributed by atoms with Gasteiger partial charge in [-0.1, -0.05) is 48.3 Å². The highest BCUT2D eigenvalue weighted by Crippen LogP contribution is 2.31. The molecule has 2 heterocycles. The summed E-state index contributed by atoms with van der Waals surface area (Å²) >= 11 is 1.24. The molecule has 3 aromatic rings. The van der Waals surface area contributed by atoms with Crippen LogP contribution in [0.15, 0.2) is 82.2 Å². The molecule has 1 aliphatic heterocycles. The Hall–Kier alpha value is -4.24. The molecular weight excluding hydrogens is 504 g/mol. The van der Waals surface area contributed by atoms with E-state index < -0.39 is 18.0 Å². The van der Waals surface area contributed by atoms with Crippen LogP contribution in [0.4, 0.5) is 0 Å². The van der Waals surface area contributed by atoms with E-state index in [1.807, 2.05) is 24.3 Å². The lowest BCUT2D eigenvalue weighted by Crippen LogP contribution is -2.40. The Bertz CT molecular complexity index is 1580. The SMILES string of the molecule is C=CCOc1ccc(C=c2sc3n(c2=O)C(c2ccc(C(=O)OC)cc2)C(C(=O)OC(C)C)=C(C)N=3)cc1. The Labute approximate surface area is 223 Å². The largest absolute Gasteiger partial charge is 0.490 e. The highest BCUT2D eigenvalue weighted by molar-refractivity contribution is 7.07. The first-order valence-electron chi connectivity index (χ1n) is 12.0. The number of allylic oxidation sites excluding steroid dienone is 1. The number of carbonyl (C=O) groups is 2. The zero-order valence-corrected chi connectivity index (χ0v) is 22.4. The van der Waals surface area contributed by atoms with Crippen molar-refractivity contribution < 1.29 is 23.8 Å². The number of esters is 2. The van der Waals surface area contributed by atoms with Crippen LogP contribution in [0, 0.1) is 0 Å². The average Bonchev–Trinajstić information content (AvgIpc) is 3.20. The van der Waals surface area contributed by atoms with Crippen LogP contribution < -0.4 is 19.6 Å². The van der Waals surface area contributed by atoms with Gasteiger partial charge >= 0.3 is 11.9 Å². The Kier molecular flexibility index (Phi) is 8.07. The molecule has 0 saturated carbocycles. The number of methoxy groups -OCH3 is 1. The van der Waals surface area contributed by atoms with E-state index >= 15 is 0 Å². The Balaban J connectivity index is 1.84. The summed E-state index contributed by atoms with van der Waals surface area (Å²) in [7, 11) is 1.31. The van der Waals surface area contributed by atoms with Crippen molar-refractivity contribution >= 4 is 29.4 Å². The standard InChI is InChI=1S/C29H28N2O6S/c1-6-15-36-22-13-7-19(8-14-22)16-23-26(32)31-25(20-9-11-21(12-10-20)27(33)35-5)24(28(34)37-17(2)3)18(4)30-29(31)38-23/h6-14,16-17,25H,1,15H2,2-5H3. The van der Waals surface area contributed by atoms with Crippen molar-refractivity contribution in [2.24, 2.45) is 4.99 Å². The van der Waals surface area contributed by atoms with E-state index in [2.05, 4.69) is 11.6 Å². The lowest BCUT2D eigenvalue weighted by molar-refractivity contribution is -0.143. The van der Waals surface area contributed by atoms with E-state index in [4.69, 9.17) is 14.2 Å². The van der Waals surface area contributed by atoms with Crippen molar-refractivity contribution in [3.05, 3.63) is 109 Å². The van der Waals surface area contributed by atoms with Gasteiger partial charge in [0.25, 0.3) is 5.56 Å². The maximum absolute atomic E-state index is 13.7. The summed E-state index contributed by atoms with van der Waals surface area (Å²) in [6.07, 6.45) is 3.10. The summed E-state index contributed by atoms with van der Waals surface area (Å²) in [5, 5.41) is 0. The minimum atomic E-state index is -0.777. The molecule has 0 radical (unpaired) electrons. The maximum atomic E-state index is 13.7. The molecule has 9 heteroatoms. The second-order valence-electron chi connectivity index (χ2n) is 8.82. The zero-order chi connectivity index (χ0) is 27.4. The molecule has 196 valence electrons. The number of thiazole rings is 1. The van der Waals surface area contributed by atoms with E-state index in [0.717, 1.165) is 5.56 Å². The molecule has 38 heavy (non-hydrogen) atoms. The highest BCUT2D eigenvalue weighted by atomic mass is 32.1. The summed E-state index contributed by atoms with van der Waals surface area (Å²) in [6, 6.07) is 13.2. The first-order chi connectivity index (χ1) is 18.2. The molecule has 1 aromatic heterocycles. The molecule has 0 fully saturated rings. The first-order valence-corrected chi connectivity index (χ1v) is 12.8. The van der Waals surface area contributed by atoms with Gasteiger partial charge in [0.15, 0.2) is 4.80 Å². The van der Waals surface area contributed by atoms with Gasteiger partial charge in [0.2, 0.25) is 0 Å². The molecule has 0 aliphatic carbocycles. The van der Waals surface area contributed by atoms with Crippen LogP contribution in [0.1, 0.15) is 48.3 Å². The molecule has 1 aliphatic rings. The van der Waals surface area contributed by atoms with Gasteiger partial charge in [0, 0.05) is 0 Å². The summed E-state index contributed by atoms with van der Waals surface area (Å²) in [5.74, 6) is -0.330. The summed E-state index contributed by atoms with van der Waals surface area (Å²) in [5.41, 5.74) is 2.26. The molecule has 0 bridgehead atoms. The van der Waals surface area contributed by atoms with Crippen molar-refractivity contribution in [2.75, 3.05) is 13.7 Å². The smallest absolute Gasteiger partial charge is 0.338 e. The number of hydrogen-bond acceptors (Lipinski definition) is 8.